The van der Waals surface area contributed by atoms with Crippen LogP contribution in [-0.4, -0.2) is 27.7 Å². The number of aromatic amines is 1. The number of carbonyl (C=O) groups excluding carboxylic acids is 1. The summed E-state index contributed by atoms with van der Waals surface area (Å²) in [7, 11) is 0. The second-order valence-electron chi connectivity index (χ2n) is 7.36. The van der Waals surface area contributed by atoms with E-state index in [0.29, 0.717) is 17.3 Å². The van der Waals surface area contributed by atoms with E-state index in [9.17, 15) is 9.59 Å². The average molecular weight is 408 g/mol. The van der Waals surface area contributed by atoms with E-state index in [1.807, 2.05) is 0 Å². The van der Waals surface area contributed by atoms with Crippen molar-refractivity contribution >= 4 is 39.2 Å². The Labute approximate surface area is 168 Å². The van der Waals surface area contributed by atoms with Crippen molar-refractivity contribution in [1.82, 2.24) is 15.3 Å². The Morgan fingerprint density at radius 2 is 2.15 bits per heavy atom. The number of nitrogens with one attached hydrogen (secondary N) is 2. The molecule has 0 saturated carbocycles. The first-order valence-electron chi connectivity index (χ1n) is 9.99. The lowest BCUT2D eigenvalue weighted by Gasteiger charge is -2.13. The highest BCUT2D eigenvalue weighted by atomic mass is 32.2. The summed E-state index contributed by atoms with van der Waals surface area (Å²) in [5, 5.41) is 3.84. The molecule has 3 rings (SSSR count). The summed E-state index contributed by atoms with van der Waals surface area (Å²) in [6.45, 7) is 4.24. The number of nitrogens with zero attached hydrogens (tertiary/aromatic N) is 1. The molecular formula is C20H29N3O2S2. The van der Waals surface area contributed by atoms with Crippen molar-refractivity contribution in [2.45, 2.75) is 77.0 Å². The van der Waals surface area contributed by atoms with Gasteiger partial charge in [-0.05, 0) is 44.6 Å². The molecule has 7 heteroatoms. The zero-order valence-corrected chi connectivity index (χ0v) is 17.9. The summed E-state index contributed by atoms with van der Waals surface area (Å²) in [4.78, 5) is 34.4. The van der Waals surface area contributed by atoms with Gasteiger partial charge in [-0.2, -0.15) is 0 Å². The number of H-pyrrole nitrogens is 1. The van der Waals surface area contributed by atoms with Crippen molar-refractivity contribution in [3.8, 4) is 0 Å². The highest BCUT2D eigenvalue weighted by Crippen LogP contribution is 2.33. The molecule has 1 amide bonds. The van der Waals surface area contributed by atoms with Crippen LogP contribution in [0.25, 0.3) is 10.2 Å². The molecule has 0 bridgehead atoms. The van der Waals surface area contributed by atoms with E-state index >= 15 is 0 Å². The van der Waals surface area contributed by atoms with E-state index in [4.69, 9.17) is 0 Å². The molecular weight excluding hydrogens is 378 g/mol. The first-order chi connectivity index (χ1) is 13.1. The zero-order valence-electron chi connectivity index (χ0n) is 16.2. The molecule has 0 spiro atoms. The van der Waals surface area contributed by atoms with Crippen LogP contribution in [0.3, 0.4) is 0 Å². The fraction of sp³-hybridized carbons (Fsp3) is 0.650. The van der Waals surface area contributed by atoms with Gasteiger partial charge in [0.2, 0.25) is 5.91 Å². The standard InChI is InChI=1S/C20H29N3O2S2/c1-3-4-5-8-13(2)21-17(24)12-26-11-16-22-19(25)18-14-9-6-7-10-15(14)27-20(18)23-16/h13H,3-12H2,1-2H3,(H,21,24)(H,22,23,25). The van der Waals surface area contributed by atoms with Gasteiger partial charge < -0.3 is 10.3 Å². The number of hydrogen-bond acceptors (Lipinski definition) is 5. The highest BCUT2D eigenvalue weighted by Gasteiger charge is 2.19. The van der Waals surface area contributed by atoms with Gasteiger partial charge in [-0.1, -0.05) is 26.2 Å². The molecule has 0 fully saturated rings. The zero-order chi connectivity index (χ0) is 19.2. The number of thioether (sulfide) groups is 1. The minimum atomic E-state index is -0.0241. The molecule has 1 aliphatic rings. The van der Waals surface area contributed by atoms with Crippen LogP contribution in [0.1, 0.15) is 68.6 Å². The quantitative estimate of drug-likeness (QED) is 0.612. The van der Waals surface area contributed by atoms with Gasteiger partial charge in [-0.15, -0.1) is 23.1 Å². The molecule has 1 atom stereocenters. The number of amides is 1. The van der Waals surface area contributed by atoms with E-state index in [1.165, 1.54) is 41.5 Å². The third kappa shape index (κ3) is 5.35. The molecule has 0 radical (unpaired) electrons. The summed E-state index contributed by atoms with van der Waals surface area (Å²) in [6.07, 6.45) is 9.00. The molecule has 1 unspecified atom stereocenters. The van der Waals surface area contributed by atoms with Gasteiger partial charge in [0, 0.05) is 10.9 Å². The predicted octanol–water partition coefficient (Wildman–Crippen LogP) is 4.18. The maximum absolute atomic E-state index is 12.5. The predicted molar refractivity (Wildman–Crippen MR) is 115 cm³/mol. The fourth-order valence-corrected chi connectivity index (χ4v) is 5.59. The normalized spacial score (nSPS) is 14.9. The van der Waals surface area contributed by atoms with Crippen molar-refractivity contribution in [3.05, 3.63) is 26.6 Å². The highest BCUT2D eigenvalue weighted by molar-refractivity contribution is 7.99. The minimum absolute atomic E-state index is 0.0241. The monoisotopic (exact) mass is 407 g/mol. The maximum atomic E-state index is 12.5. The third-order valence-corrected chi connectivity index (χ3v) is 7.12. The van der Waals surface area contributed by atoms with Crippen molar-refractivity contribution < 1.29 is 4.79 Å². The van der Waals surface area contributed by atoms with Crippen LogP contribution < -0.4 is 10.9 Å². The number of aromatic nitrogens is 2. The first kappa shape index (κ1) is 20.4. The lowest BCUT2D eigenvalue weighted by Crippen LogP contribution is -2.33. The number of fused-ring (bicyclic) bond motifs is 3. The number of hydrogen-bond donors (Lipinski definition) is 2. The molecule has 2 aromatic rings. The Morgan fingerprint density at radius 3 is 2.96 bits per heavy atom. The number of rotatable bonds is 9. The first-order valence-corrected chi connectivity index (χ1v) is 12.0. The number of thiophene rings is 1. The van der Waals surface area contributed by atoms with Crippen molar-refractivity contribution in [1.29, 1.82) is 0 Å². The number of unbranched alkanes of at least 4 members (excludes halogenated alkanes) is 2. The van der Waals surface area contributed by atoms with Crippen LogP contribution in [0.4, 0.5) is 0 Å². The van der Waals surface area contributed by atoms with Gasteiger partial charge in [0.05, 0.1) is 16.9 Å². The summed E-state index contributed by atoms with van der Waals surface area (Å²) in [5.74, 6) is 1.66. The smallest absolute Gasteiger partial charge is 0.259 e. The van der Waals surface area contributed by atoms with E-state index in [-0.39, 0.29) is 17.5 Å². The Bertz CT molecular complexity index is 844. The van der Waals surface area contributed by atoms with Gasteiger partial charge in [-0.25, -0.2) is 4.98 Å². The fourth-order valence-electron chi connectivity index (χ4n) is 3.61. The second kappa shape index (κ2) is 9.73. The molecule has 1 aliphatic carbocycles. The summed E-state index contributed by atoms with van der Waals surface area (Å²) < 4.78 is 0. The molecule has 0 aromatic carbocycles. The van der Waals surface area contributed by atoms with E-state index < -0.39 is 0 Å². The van der Waals surface area contributed by atoms with Gasteiger partial charge in [0.25, 0.3) is 5.56 Å². The van der Waals surface area contributed by atoms with Crippen molar-refractivity contribution in [2.24, 2.45) is 0 Å². The van der Waals surface area contributed by atoms with Crippen LogP contribution >= 0.6 is 23.1 Å². The number of aryl methyl sites for hydroxylation is 2. The SMILES string of the molecule is CCCCCC(C)NC(=O)CSCc1nc2sc3c(c2c(=O)[nH]1)CCCC3. The van der Waals surface area contributed by atoms with Gasteiger partial charge in [0.1, 0.15) is 10.7 Å². The molecule has 0 aliphatic heterocycles. The minimum Gasteiger partial charge on any atom is -0.353 e. The maximum Gasteiger partial charge on any atom is 0.259 e. The molecule has 148 valence electrons. The molecule has 5 nitrogen and oxygen atoms in total. The Hall–Kier alpha value is -1.34. The van der Waals surface area contributed by atoms with E-state index in [2.05, 4.69) is 29.1 Å². The summed E-state index contributed by atoms with van der Waals surface area (Å²) in [5.41, 5.74) is 1.19. The lowest BCUT2D eigenvalue weighted by molar-refractivity contribution is -0.119. The summed E-state index contributed by atoms with van der Waals surface area (Å²) >= 11 is 3.16. The van der Waals surface area contributed by atoms with Crippen molar-refractivity contribution in [2.75, 3.05) is 5.75 Å². The molecule has 27 heavy (non-hydrogen) atoms. The average Bonchev–Trinajstić information content (AvgIpc) is 3.00. The second-order valence-corrected chi connectivity index (χ2v) is 9.43. The molecule has 2 aromatic heterocycles. The van der Waals surface area contributed by atoms with Crippen molar-refractivity contribution in [3.63, 3.8) is 0 Å². The van der Waals surface area contributed by atoms with Crippen LogP contribution in [0.15, 0.2) is 4.79 Å². The lowest BCUT2D eigenvalue weighted by atomic mass is 9.97. The van der Waals surface area contributed by atoms with Crippen LogP contribution in [0.5, 0.6) is 0 Å². The molecule has 2 N–H and O–H groups in total. The Balaban J connectivity index is 1.53. The number of carbonyl (C=O) groups is 1. The van der Waals surface area contributed by atoms with Crippen LogP contribution in [-0.2, 0) is 23.4 Å². The van der Waals surface area contributed by atoms with Gasteiger partial charge in [-0.3, -0.25) is 9.59 Å². The Kier molecular flexibility index (Phi) is 7.35. The van der Waals surface area contributed by atoms with Gasteiger partial charge in [0.15, 0.2) is 0 Å². The molecule has 0 saturated heterocycles. The van der Waals surface area contributed by atoms with E-state index in [1.54, 1.807) is 11.3 Å². The Morgan fingerprint density at radius 1 is 1.33 bits per heavy atom. The topological polar surface area (TPSA) is 74.8 Å². The largest absolute Gasteiger partial charge is 0.353 e. The summed E-state index contributed by atoms with van der Waals surface area (Å²) in [6, 6.07) is 0.219. The van der Waals surface area contributed by atoms with E-state index in [0.717, 1.165) is 42.3 Å². The third-order valence-electron chi connectivity index (χ3n) is 4.99. The molecule has 2 heterocycles. The van der Waals surface area contributed by atoms with Crippen LogP contribution in [0.2, 0.25) is 0 Å². The van der Waals surface area contributed by atoms with Gasteiger partial charge >= 0.3 is 0 Å². The van der Waals surface area contributed by atoms with Crippen LogP contribution in [0, 0.1) is 0 Å².